The Balaban J connectivity index is 0.00000288. The number of piperidine rings is 2. The summed E-state index contributed by atoms with van der Waals surface area (Å²) in [6, 6.07) is 0.243. The van der Waals surface area contributed by atoms with Crippen LogP contribution in [0.1, 0.15) is 52.4 Å². The van der Waals surface area contributed by atoms with Gasteiger partial charge in [-0.1, -0.05) is 0 Å². The van der Waals surface area contributed by atoms with Crippen LogP contribution in [0, 0.1) is 11.8 Å². The quantitative estimate of drug-likeness (QED) is 0.819. The van der Waals surface area contributed by atoms with Crippen molar-refractivity contribution in [2.45, 2.75) is 58.4 Å². The largest absolute Gasteiger partial charge is 0.343 e. The van der Waals surface area contributed by atoms with E-state index in [2.05, 4.69) is 5.32 Å². The van der Waals surface area contributed by atoms with Crippen LogP contribution < -0.4 is 5.32 Å². The van der Waals surface area contributed by atoms with E-state index < -0.39 is 0 Å². The maximum absolute atomic E-state index is 12.4. The summed E-state index contributed by atoms with van der Waals surface area (Å²) in [7, 11) is 1.88. The summed E-state index contributed by atoms with van der Waals surface area (Å²) in [5, 5.41) is 3.37. The summed E-state index contributed by atoms with van der Waals surface area (Å²) in [5.74, 6) is 1.32. The van der Waals surface area contributed by atoms with Gasteiger partial charge in [-0.05, 0) is 65.0 Å². The lowest BCUT2D eigenvalue weighted by Crippen LogP contribution is -2.45. The van der Waals surface area contributed by atoms with Gasteiger partial charge in [0.25, 0.3) is 0 Å². The van der Waals surface area contributed by atoms with Crippen molar-refractivity contribution in [3.8, 4) is 0 Å². The lowest BCUT2D eigenvalue weighted by atomic mass is 9.92. The zero-order valence-corrected chi connectivity index (χ0v) is 16.2. The Morgan fingerprint density at radius 3 is 2.25 bits per heavy atom. The van der Waals surface area contributed by atoms with Crippen LogP contribution in [-0.4, -0.2) is 60.9 Å². The molecule has 0 radical (unpaired) electrons. The maximum atomic E-state index is 12.4. The second-order valence-corrected chi connectivity index (χ2v) is 7.43. The van der Waals surface area contributed by atoms with Crippen molar-refractivity contribution in [2.75, 3.05) is 33.2 Å². The van der Waals surface area contributed by atoms with E-state index in [-0.39, 0.29) is 36.2 Å². The lowest BCUT2D eigenvalue weighted by Gasteiger charge is -2.34. The van der Waals surface area contributed by atoms with Crippen LogP contribution in [0.25, 0.3) is 0 Å². The molecule has 0 spiro atoms. The van der Waals surface area contributed by atoms with Crippen LogP contribution in [0.15, 0.2) is 0 Å². The minimum atomic E-state index is 0. The molecule has 0 aromatic heterocycles. The third-order valence-electron chi connectivity index (χ3n) is 5.54. The third kappa shape index (κ3) is 5.92. The van der Waals surface area contributed by atoms with Gasteiger partial charge < -0.3 is 15.1 Å². The van der Waals surface area contributed by atoms with Crippen LogP contribution in [0.2, 0.25) is 0 Å². The molecule has 0 aromatic rings. The van der Waals surface area contributed by atoms with Crippen molar-refractivity contribution in [1.29, 1.82) is 0 Å². The van der Waals surface area contributed by atoms with E-state index >= 15 is 0 Å². The summed E-state index contributed by atoms with van der Waals surface area (Å²) < 4.78 is 0. The topological polar surface area (TPSA) is 52.7 Å². The summed E-state index contributed by atoms with van der Waals surface area (Å²) in [5.41, 5.74) is 0. The Bertz CT molecular complexity index is 403. The fourth-order valence-electron chi connectivity index (χ4n) is 3.57. The normalized spacial score (nSPS) is 19.9. The predicted octanol–water partition coefficient (Wildman–Crippen LogP) is 2.29. The molecule has 2 fully saturated rings. The van der Waals surface area contributed by atoms with E-state index in [4.69, 9.17) is 0 Å². The Morgan fingerprint density at radius 2 is 1.71 bits per heavy atom. The Kier molecular flexibility index (Phi) is 9.06. The van der Waals surface area contributed by atoms with Gasteiger partial charge in [0.05, 0.1) is 0 Å². The molecule has 0 aliphatic carbocycles. The molecule has 2 aliphatic rings. The SMILES string of the molecule is CC(C)N(C)C(=O)C1CCN(C(=O)CCC2CCNCC2)CC1.Cl. The van der Waals surface area contributed by atoms with Crippen molar-refractivity contribution in [3.63, 3.8) is 0 Å². The highest BCUT2D eigenvalue weighted by molar-refractivity contribution is 5.85. The Hall–Kier alpha value is -0.810. The minimum absolute atomic E-state index is 0. The van der Waals surface area contributed by atoms with Gasteiger partial charge in [0, 0.05) is 38.5 Å². The Labute approximate surface area is 152 Å². The van der Waals surface area contributed by atoms with Crippen LogP contribution in [0.5, 0.6) is 0 Å². The monoisotopic (exact) mass is 359 g/mol. The van der Waals surface area contributed by atoms with Gasteiger partial charge in [0.1, 0.15) is 0 Å². The molecule has 2 aliphatic heterocycles. The first-order valence-electron chi connectivity index (χ1n) is 9.24. The molecule has 2 amide bonds. The number of rotatable bonds is 5. The first-order chi connectivity index (χ1) is 11.0. The highest BCUT2D eigenvalue weighted by Gasteiger charge is 2.29. The summed E-state index contributed by atoms with van der Waals surface area (Å²) in [6.45, 7) is 7.75. The zero-order valence-electron chi connectivity index (χ0n) is 15.4. The molecule has 140 valence electrons. The molecule has 0 atom stereocenters. The molecule has 0 saturated carbocycles. The van der Waals surface area contributed by atoms with Crippen molar-refractivity contribution >= 4 is 24.2 Å². The first kappa shape index (κ1) is 21.2. The minimum Gasteiger partial charge on any atom is -0.343 e. The fourth-order valence-corrected chi connectivity index (χ4v) is 3.57. The number of carbonyl (C=O) groups excluding carboxylic acids is 2. The number of carbonyl (C=O) groups is 2. The highest BCUT2D eigenvalue weighted by Crippen LogP contribution is 2.23. The Morgan fingerprint density at radius 1 is 1.12 bits per heavy atom. The molecular weight excluding hydrogens is 326 g/mol. The number of nitrogens with one attached hydrogen (secondary N) is 1. The number of hydrogen-bond donors (Lipinski definition) is 1. The molecule has 24 heavy (non-hydrogen) atoms. The molecule has 2 saturated heterocycles. The van der Waals surface area contributed by atoms with Gasteiger partial charge in [0.15, 0.2) is 0 Å². The van der Waals surface area contributed by atoms with Gasteiger partial charge >= 0.3 is 0 Å². The van der Waals surface area contributed by atoms with Crippen molar-refractivity contribution in [1.82, 2.24) is 15.1 Å². The number of likely N-dealkylation sites (tertiary alicyclic amines) is 1. The van der Waals surface area contributed by atoms with E-state index in [9.17, 15) is 9.59 Å². The van der Waals surface area contributed by atoms with Crippen LogP contribution in [-0.2, 0) is 9.59 Å². The van der Waals surface area contributed by atoms with E-state index in [0.717, 1.165) is 45.4 Å². The van der Waals surface area contributed by atoms with Gasteiger partial charge in [-0.2, -0.15) is 0 Å². The van der Waals surface area contributed by atoms with E-state index in [0.29, 0.717) is 12.3 Å². The number of hydrogen-bond acceptors (Lipinski definition) is 3. The number of amides is 2. The van der Waals surface area contributed by atoms with Crippen molar-refractivity contribution in [3.05, 3.63) is 0 Å². The van der Waals surface area contributed by atoms with Gasteiger partial charge in [-0.25, -0.2) is 0 Å². The third-order valence-corrected chi connectivity index (χ3v) is 5.54. The van der Waals surface area contributed by atoms with E-state index in [1.807, 2.05) is 30.7 Å². The molecule has 2 rings (SSSR count). The van der Waals surface area contributed by atoms with Gasteiger partial charge in [0.2, 0.25) is 11.8 Å². The zero-order chi connectivity index (χ0) is 16.8. The van der Waals surface area contributed by atoms with Crippen LogP contribution >= 0.6 is 12.4 Å². The standard InChI is InChI=1S/C18H33N3O2.ClH/c1-14(2)20(3)18(23)16-8-12-21(13-9-16)17(22)5-4-15-6-10-19-11-7-15;/h14-16,19H,4-13H2,1-3H3;1H. The molecule has 6 heteroatoms. The summed E-state index contributed by atoms with van der Waals surface area (Å²) in [6.07, 6.45) is 5.73. The summed E-state index contributed by atoms with van der Waals surface area (Å²) >= 11 is 0. The van der Waals surface area contributed by atoms with Gasteiger partial charge in [-0.3, -0.25) is 9.59 Å². The highest BCUT2D eigenvalue weighted by atomic mass is 35.5. The van der Waals surface area contributed by atoms with Crippen molar-refractivity contribution in [2.24, 2.45) is 11.8 Å². The lowest BCUT2D eigenvalue weighted by molar-refractivity contribution is -0.141. The maximum Gasteiger partial charge on any atom is 0.225 e. The molecule has 0 unspecified atom stereocenters. The van der Waals surface area contributed by atoms with E-state index in [1.54, 1.807) is 0 Å². The van der Waals surface area contributed by atoms with Gasteiger partial charge in [-0.15, -0.1) is 12.4 Å². The molecule has 2 heterocycles. The molecular formula is C18H34ClN3O2. The average molecular weight is 360 g/mol. The van der Waals surface area contributed by atoms with Crippen molar-refractivity contribution < 1.29 is 9.59 Å². The van der Waals surface area contributed by atoms with Crippen LogP contribution in [0.4, 0.5) is 0 Å². The molecule has 0 bridgehead atoms. The molecule has 1 N–H and O–H groups in total. The van der Waals surface area contributed by atoms with E-state index in [1.165, 1.54) is 12.8 Å². The second-order valence-electron chi connectivity index (χ2n) is 7.43. The number of halogens is 1. The molecule has 5 nitrogen and oxygen atoms in total. The number of nitrogens with zero attached hydrogens (tertiary/aromatic N) is 2. The summed E-state index contributed by atoms with van der Waals surface area (Å²) in [4.78, 5) is 28.5. The fraction of sp³-hybridized carbons (Fsp3) is 0.889. The average Bonchev–Trinajstić information content (AvgIpc) is 2.59. The first-order valence-corrected chi connectivity index (χ1v) is 9.24. The smallest absolute Gasteiger partial charge is 0.225 e. The molecule has 0 aromatic carbocycles. The predicted molar refractivity (Wildman–Crippen MR) is 99.3 cm³/mol. The van der Waals surface area contributed by atoms with Crippen LogP contribution in [0.3, 0.4) is 0 Å². The second kappa shape index (κ2) is 10.2.